The summed E-state index contributed by atoms with van der Waals surface area (Å²) in [5.41, 5.74) is 1.03. The molecule has 0 bridgehead atoms. The summed E-state index contributed by atoms with van der Waals surface area (Å²) in [6, 6.07) is 0. The van der Waals surface area contributed by atoms with Crippen molar-refractivity contribution in [3.05, 3.63) is 12.5 Å². The van der Waals surface area contributed by atoms with Crippen molar-refractivity contribution in [2.24, 2.45) is 0 Å². The van der Waals surface area contributed by atoms with Crippen LogP contribution in [0.5, 0.6) is 0 Å². The number of ether oxygens (including phenoxy) is 1. The Kier molecular flexibility index (Phi) is 4.67. The molecule has 0 saturated carbocycles. The van der Waals surface area contributed by atoms with Gasteiger partial charge in [0, 0.05) is 13.2 Å². The molecule has 2 aromatic heterocycles. The molecule has 1 atom stereocenters. The molecule has 2 N–H and O–H groups in total. The van der Waals surface area contributed by atoms with Crippen molar-refractivity contribution in [3.8, 4) is 0 Å². The van der Waals surface area contributed by atoms with E-state index in [1.165, 1.54) is 12.5 Å². The van der Waals surface area contributed by atoms with Gasteiger partial charge in [-0.25, -0.2) is 9.97 Å². The molecule has 0 aromatic carbocycles. The summed E-state index contributed by atoms with van der Waals surface area (Å²) >= 11 is 0. The van der Waals surface area contributed by atoms with E-state index in [1.807, 2.05) is 0 Å². The van der Waals surface area contributed by atoms with Crippen LogP contribution in [-0.2, 0) is 14.3 Å². The highest BCUT2D eigenvalue weighted by molar-refractivity contribution is 6.40. The Balaban J connectivity index is 1.83. The standard InChI is InChI=1S/C14H18N6O4/c1-2-19(14-15-6-9-11(18-14)17-7-16-9)12(22)13(23)20(8-21)10-4-3-5-24-10/h6-7,10,21H,2-5,8H2,1H3,(H,15,16,17,18). The number of amides is 2. The summed E-state index contributed by atoms with van der Waals surface area (Å²) < 4.78 is 5.37. The maximum absolute atomic E-state index is 12.6. The summed E-state index contributed by atoms with van der Waals surface area (Å²) in [4.78, 5) is 42.3. The molecule has 10 heteroatoms. The molecule has 1 unspecified atom stereocenters. The van der Waals surface area contributed by atoms with Crippen molar-refractivity contribution in [1.82, 2.24) is 24.8 Å². The number of carbonyl (C=O) groups excluding carboxylic acids is 2. The zero-order valence-corrected chi connectivity index (χ0v) is 13.2. The van der Waals surface area contributed by atoms with Crippen LogP contribution in [0, 0.1) is 0 Å². The van der Waals surface area contributed by atoms with Crippen LogP contribution in [0.3, 0.4) is 0 Å². The maximum Gasteiger partial charge on any atom is 0.319 e. The van der Waals surface area contributed by atoms with Crippen LogP contribution in [-0.4, -0.2) is 67.9 Å². The lowest BCUT2D eigenvalue weighted by molar-refractivity contribution is -0.157. The minimum atomic E-state index is -0.850. The Hall–Kier alpha value is -2.59. The summed E-state index contributed by atoms with van der Waals surface area (Å²) in [5.74, 6) is -1.59. The maximum atomic E-state index is 12.6. The van der Waals surface area contributed by atoms with Gasteiger partial charge >= 0.3 is 11.8 Å². The Labute approximate surface area is 137 Å². The minimum Gasteiger partial charge on any atom is -0.376 e. The van der Waals surface area contributed by atoms with Crippen LogP contribution in [0.4, 0.5) is 5.95 Å². The van der Waals surface area contributed by atoms with E-state index in [0.29, 0.717) is 24.2 Å². The zero-order chi connectivity index (χ0) is 17.1. The first-order valence-electron chi connectivity index (χ1n) is 7.66. The van der Waals surface area contributed by atoms with Crippen LogP contribution in [0.25, 0.3) is 11.2 Å². The number of carbonyl (C=O) groups is 2. The van der Waals surface area contributed by atoms with E-state index in [2.05, 4.69) is 19.9 Å². The van der Waals surface area contributed by atoms with Gasteiger partial charge in [0.25, 0.3) is 0 Å². The lowest BCUT2D eigenvalue weighted by Gasteiger charge is -2.27. The highest BCUT2D eigenvalue weighted by atomic mass is 16.5. The largest absolute Gasteiger partial charge is 0.376 e. The van der Waals surface area contributed by atoms with Gasteiger partial charge in [0.15, 0.2) is 5.65 Å². The van der Waals surface area contributed by atoms with E-state index in [9.17, 15) is 14.7 Å². The second kappa shape index (κ2) is 6.89. The number of aliphatic hydroxyl groups is 1. The predicted molar refractivity (Wildman–Crippen MR) is 82.6 cm³/mol. The molecule has 1 aliphatic heterocycles. The number of aliphatic hydroxyl groups excluding tert-OH is 1. The third kappa shape index (κ3) is 2.93. The second-order valence-electron chi connectivity index (χ2n) is 5.24. The van der Waals surface area contributed by atoms with Gasteiger partial charge in [0.2, 0.25) is 5.95 Å². The normalized spacial score (nSPS) is 17.2. The number of imidazole rings is 1. The van der Waals surface area contributed by atoms with Gasteiger partial charge in [-0.1, -0.05) is 0 Å². The number of hydrogen-bond acceptors (Lipinski definition) is 7. The molecule has 10 nitrogen and oxygen atoms in total. The van der Waals surface area contributed by atoms with Crippen LogP contribution in [0.1, 0.15) is 19.8 Å². The highest BCUT2D eigenvalue weighted by Gasteiger charge is 2.34. The van der Waals surface area contributed by atoms with Crippen molar-refractivity contribution in [3.63, 3.8) is 0 Å². The minimum absolute atomic E-state index is 0.0840. The molecule has 2 amide bonds. The van der Waals surface area contributed by atoms with E-state index >= 15 is 0 Å². The number of nitrogens with one attached hydrogen (secondary N) is 1. The van der Waals surface area contributed by atoms with Crippen molar-refractivity contribution in [1.29, 1.82) is 0 Å². The molecule has 0 aliphatic carbocycles. The number of H-pyrrole nitrogens is 1. The van der Waals surface area contributed by atoms with Crippen LogP contribution < -0.4 is 4.90 Å². The van der Waals surface area contributed by atoms with Gasteiger partial charge in [-0.15, -0.1) is 0 Å². The highest BCUT2D eigenvalue weighted by Crippen LogP contribution is 2.18. The topological polar surface area (TPSA) is 125 Å². The summed E-state index contributed by atoms with van der Waals surface area (Å²) in [6.07, 6.45) is 3.74. The van der Waals surface area contributed by atoms with Gasteiger partial charge in [0.05, 0.1) is 12.5 Å². The van der Waals surface area contributed by atoms with E-state index in [1.54, 1.807) is 6.92 Å². The first kappa shape index (κ1) is 16.3. The molecule has 0 spiro atoms. The Morgan fingerprint density at radius 2 is 2.25 bits per heavy atom. The summed E-state index contributed by atoms with van der Waals surface area (Å²) in [5, 5.41) is 9.45. The number of likely N-dealkylation sites (N-methyl/N-ethyl adjacent to an activating group) is 1. The Morgan fingerprint density at radius 1 is 1.42 bits per heavy atom. The smallest absolute Gasteiger partial charge is 0.319 e. The average Bonchev–Trinajstić information content (AvgIpc) is 3.27. The van der Waals surface area contributed by atoms with Crippen LogP contribution in [0.2, 0.25) is 0 Å². The van der Waals surface area contributed by atoms with Gasteiger partial charge in [0.1, 0.15) is 18.5 Å². The van der Waals surface area contributed by atoms with Crippen molar-refractivity contribution in [2.45, 2.75) is 26.0 Å². The summed E-state index contributed by atoms with van der Waals surface area (Å²) in [7, 11) is 0. The molecule has 3 rings (SSSR count). The fourth-order valence-corrected chi connectivity index (χ4v) is 2.56. The molecule has 1 saturated heterocycles. The van der Waals surface area contributed by atoms with Crippen molar-refractivity contribution >= 4 is 28.9 Å². The molecule has 1 fully saturated rings. The van der Waals surface area contributed by atoms with E-state index < -0.39 is 24.8 Å². The summed E-state index contributed by atoms with van der Waals surface area (Å²) in [6.45, 7) is 1.81. The van der Waals surface area contributed by atoms with Gasteiger partial charge < -0.3 is 14.8 Å². The average molecular weight is 334 g/mol. The molecule has 1 aliphatic rings. The second-order valence-corrected chi connectivity index (χ2v) is 5.24. The number of rotatable bonds is 4. The number of nitrogens with zero attached hydrogens (tertiary/aromatic N) is 5. The Bertz CT molecular complexity index is 742. The quantitative estimate of drug-likeness (QED) is 0.577. The number of aromatic amines is 1. The van der Waals surface area contributed by atoms with Gasteiger partial charge in [-0.2, -0.15) is 4.98 Å². The van der Waals surface area contributed by atoms with E-state index in [-0.39, 0.29) is 12.5 Å². The number of aromatic nitrogens is 4. The van der Waals surface area contributed by atoms with E-state index in [4.69, 9.17) is 4.74 Å². The van der Waals surface area contributed by atoms with Gasteiger partial charge in [-0.05, 0) is 19.8 Å². The lowest BCUT2D eigenvalue weighted by Crippen LogP contribution is -2.50. The zero-order valence-electron chi connectivity index (χ0n) is 13.2. The SMILES string of the molecule is CCN(C(=O)C(=O)N(CO)C1CCCO1)c1ncc2[nH]cnc2n1. The predicted octanol–water partition coefficient (Wildman–Crippen LogP) is -0.379. The molecule has 128 valence electrons. The van der Waals surface area contributed by atoms with Gasteiger partial charge in [-0.3, -0.25) is 19.4 Å². The molecular formula is C14H18N6O4. The van der Waals surface area contributed by atoms with E-state index in [0.717, 1.165) is 16.2 Å². The molecule has 0 radical (unpaired) electrons. The van der Waals surface area contributed by atoms with Crippen molar-refractivity contribution < 1.29 is 19.4 Å². The number of anilines is 1. The fourth-order valence-electron chi connectivity index (χ4n) is 2.56. The number of hydrogen-bond donors (Lipinski definition) is 2. The first-order chi connectivity index (χ1) is 11.7. The monoisotopic (exact) mass is 334 g/mol. The number of fused-ring (bicyclic) bond motifs is 1. The Morgan fingerprint density at radius 3 is 2.92 bits per heavy atom. The third-order valence-electron chi connectivity index (χ3n) is 3.82. The lowest BCUT2D eigenvalue weighted by atomic mass is 10.3. The molecule has 2 aromatic rings. The molecular weight excluding hydrogens is 316 g/mol. The molecule has 24 heavy (non-hydrogen) atoms. The van der Waals surface area contributed by atoms with Crippen LogP contribution in [0.15, 0.2) is 12.5 Å². The van der Waals surface area contributed by atoms with Crippen LogP contribution >= 0.6 is 0 Å². The van der Waals surface area contributed by atoms with Crippen molar-refractivity contribution in [2.75, 3.05) is 24.8 Å². The molecule has 3 heterocycles. The first-order valence-corrected chi connectivity index (χ1v) is 7.66. The third-order valence-corrected chi connectivity index (χ3v) is 3.82. The fraction of sp³-hybridized carbons (Fsp3) is 0.500.